The van der Waals surface area contributed by atoms with Crippen molar-refractivity contribution in [2.24, 2.45) is 0 Å². The zero-order valence-corrected chi connectivity index (χ0v) is 29.7. The molecule has 0 saturated carbocycles. The highest BCUT2D eigenvalue weighted by molar-refractivity contribution is 6.01. The second-order valence-electron chi connectivity index (χ2n) is 14.0. The summed E-state index contributed by atoms with van der Waals surface area (Å²) in [4.78, 5) is 43.1. The van der Waals surface area contributed by atoms with E-state index < -0.39 is 11.6 Å². The van der Waals surface area contributed by atoms with Crippen LogP contribution >= 0.6 is 0 Å². The number of nitrogens with zero attached hydrogens (tertiary/aromatic N) is 4. The topological polar surface area (TPSA) is 121 Å². The van der Waals surface area contributed by atoms with E-state index in [0.717, 1.165) is 50.3 Å². The first-order chi connectivity index (χ1) is 25.4. The molecule has 6 rings (SSSR count). The predicted octanol–water partition coefficient (Wildman–Crippen LogP) is 7.44. The van der Waals surface area contributed by atoms with E-state index in [2.05, 4.69) is 33.2 Å². The van der Waals surface area contributed by atoms with Crippen LogP contribution in [-0.4, -0.2) is 51.5 Å². The number of piperidine rings is 1. The lowest BCUT2D eigenvalue weighted by Crippen LogP contribution is -2.47. The molecule has 2 aliphatic heterocycles. The van der Waals surface area contributed by atoms with E-state index >= 15 is 0 Å². The number of aryl methyl sites for hydroxylation is 1. The highest BCUT2D eigenvalue weighted by Crippen LogP contribution is 2.37. The molecule has 2 fully saturated rings. The van der Waals surface area contributed by atoms with Crippen molar-refractivity contribution in [3.05, 3.63) is 89.2 Å². The van der Waals surface area contributed by atoms with Crippen molar-refractivity contribution in [1.82, 2.24) is 25.2 Å². The lowest BCUT2D eigenvalue weighted by molar-refractivity contribution is -0.133. The number of aromatic nitrogens is 3. The summed E-state index contributed by atoms with van der Waals surface area (Å²) >= 11 is 0. The molecular formula is C40H49F2N7O3. The second-order valence-corrected chi connectivity index (χ2v) is 14.0. The molecule has 2 saturated heterocycles. The van der Waals surface area contributed by atoms with Gasteiger partial charge in [0.2, 0.25) is 11.8 Å². The number of carbonyl (C=O) groups excluding carboxylic acids is 3. The smallest absolute Gasteiger partial charge is 0.256 e. The monoisotopic (exact) mass is 713 g/mol. The lowest BCUT2D eigenvalue weighted by atomic mass is 10.0. The molecule has 10 nitrogen and oxygen atoms in total. The van der Waals surface area contributed by atoms with E-state index in [4.69, 9.17) is 4.98 Å². The molecule has 2 atom stereocenters. The summed E-state index contributed by atoms with van der Waals surface area (Å²) in [5.41, 5.74) is 3.35. The highest BCUT2D eigenvalue weighted by atomic mass is 19.1. The van der Waals surface area contributed by atoms with Crippen molar-refractivity contribution in [1.29, 1.82) is 0 Å². The summed E-state index contributed by atoms with van der Waals surface area (Å²) in [5, 5.41) is 12.9. The Morgan fingerprint density at radius 2 is 1.62 bits per heavy atom. The van der Waals surface area contributed by atoms with Gasteiger partial charge in [0.1, 0.15) is 29.1 Å². The number of unbranched alkanes of at least 4 members (excludes halogenated alkanes) is 9. The fourth-order valence-corrected chi connectivity index (χ4v) is 7.28. The van der Waals surface area contributed by atoms with Crippen molar-refractivity contribution >= 4 is 34.9 Å². The summed E-state index contributed by atoms with van der Waals surface area (Å²) in [7, 11) is 0. The fraction of sp³-hybridized carbons (Fsp3) is 0.475. The third-order valence-corrected chi connectivity index (χ3v) is 10.2. The summed E-state index contributed by atoms with van der Waals surface area (Å²) < 4.78 is 30.1. The van der Waals surface area contributed by atoms with Gasteiger partial charge in [0.05, 0.1) is 12.2 Å². The van der Waals surface area contributed by atoms with Crippen LogP contribution in [0.3, 0.4) is 0 Å². The van der Waals surface area contributed by atoms with Crippen LogP contribution in [0, 0.1) is 11.6 Å². The van der Waals surface area contributed by atoms with Crippen LogP contribution in [0.1, 0.15) is 117 Å². The van der Waals surface area contributed by atoms with Crippen molar-refractivity contribution in [3.8, 4) is 0 Å². The molecule has 4 heterocycles. The zero-order chi connectivity index (χ0) is 36.3. The molecular weight excluding hydrogens is 664 g/mol. The van der Waals surface area contributed by atoms with Crippen LogP contribution in [0.25, 0.3) is 5.65 Å². The molecule has 2 aromatic carbocycles. The number of nitrogens with one attached hydrogen (secondary N) is 3. The maximum Gasteiger partial charge on any atom is 0.256 e. The summed E-state index contributed by atoms with van der Waals surface area (Å²) in [6.45, 7) is 1.24. The number of fused-ring (bicyclic) bond motifs is 1. The number of anilines is 2. The molecule has 3 amide bonds. The molecule has 1 unspecified atom stereocenters. The molecule has 2 aromatic heterocycles. The average molecular weight is 714 g/mol. The van der Waals surface area contributed by atoms with Crippen LogP contribution in [0.4, 0.5) is 20.3 Å². The van der Waals surface area contributed by atoms with Gasteiger partial charge in [0.15, 0.2) is 5.65 Å². The normalized spacial score (nSPS) is 17.5. The number of amides is 3. The number of imide groups is 1. The molecule has 0 aliphatic carbocycles. The summed E-state index contributed by atoms with van der Waals surface area (Å²) in [5.74, 6) is -0.966. The minimum Gasteiger partial charge on any atom is -0.374 e. The van der Waals surface area contributed by atoms with Crippen LogP contribution in [0.2, 0.25) is 0 Å². The number of halogens is 2. The second kappa shape index (κ2) is 18.1. The molecule has 2 aliphatic rings. The minimum absolute atomic E-state index is 0.204. The molecule has 0 bridgehead atoms. The van der Waals surface area contributed by atoms with Crippen LogP contribution in [0.15, 0.2) is 60.9 Å². The average Bonchev–Trinajstić information content (AvgIpc) is 3.81. The van der Waals surface area contributed by atoms with E-state index in [0.29, 0.717) is 54.9 Å². The third kappa shape index (κ3) is 9.71. The Bertz CT molecular complexity index is 1830. The van der Waals surface area contributed by atoms with Crippen molar-refractivity contribution in [2.75, 3.05) is 23.3 Å². The summed E-state index contributed by atoms with van der Waals surface area (Å²) in [6.07, 6.45) is 18.4. The Hall–Kier alpha value is -4.87. The SMILES string of the molecule is O=C1CCC(Nc2ccc(CCCCCCCCCCCCNC(=O)c3cnn4ccc(N5CCC[C@@H]5c5cc(F)ccc5F)nc34)cc2)C(=O)N1. The maximum atomic E-state index is 14.6. The Morgan fingerprint density at radius 1 is 0.885 bits per heavy atom. The number of hydrogen-bond acceptors (Lipinski definition) is 7. The van der Waals surface area contributed by atoms with E-state index in [1.165, 1.54) is 62.4 Å². The first kappa shape index (κ1) is 36.9. The molecule has 0 spiro atoms. The third-order valence-electron chi connectivity index (χ3n) is 10.2. The summed E-state index contributed by atoms with van der Waals surface area (Å²) in [6, 6.07) is 12.9. The minimum atomic E-state index is -0.468. The van der Waals surface area contributed by atoms with E-state index in [1.54, 1.807) is 16.8 Å². The zero-order valence-electron chi connectivity index (χ0n) is 29.7. The largest absolute Gasteiger partial charge is 0.374 e. The number of rotatable bonds is 18. The molecule has 52 heavy (non-hydrogen) atoms. The van der Waals surface area contributed by atoms with Crippen molar-refractivity contribution in [2.45, 2.75) is 108 Å². The first-order valence-corrected chi connectivity index (χ1v) is 18.9. The van der Waals surface area contributed by atoms with Gasteiger partial charge in [0.25, 0.3) is 5.91 Å². The Kier molecular flexibility index (Phi) is 12.8. The first-order valence-electron chi connectivity index (χ1n) is 18.9. The number of carbonyl (C=O) groups is 3. The molecule has 4 aromatic rings. The molecule has 0 radical (unpaired) electrons. The van der Waals surface area contributed by atoms with Gasteiger partial charge in [-0.05, 0) is 80.5 Å². The predicted molar refractivity (Wildman–Crippen MR) is 197 cm³/mol. The fourth-order valence-electron chi connectivity index (χ4n) is 7.28. The van der Waals surface area contributed by atoms with Gasteiger partial charge in [-0.2, -0.15) is 5.10 Å². The van der Waals surface area contributed by atoms with Gasteiger partial charge in [-0.15, -0.1) is 0 Å². The van der Waals surface area contributed by atoms with Crippen molar-refractivity contribution < 1.29 is 23.2 Å². The van der Waals surface area contributed by atoms with Crippen LogP contribution < -0.4 is 20.9 Å². The van der Waals surface area contributed by atoms with Gasteiger partial charge >= 0.3 is 0 Å². The maximum absolute atomic E-state index is 14.6. The van der Waals surface area contributed by atoms with Gasteiger partial charge < -0.3 is 15.5 Å². The number of benzene rings is 2. The standard InChI is InChI=1S/C40H49F2N7O3/c41-29-16-19-33(42)31(26-29)35-13-11-24-48(35)36-22-25-49-38(46-36)32(27-44-49)39(51)43-23-10-8-6-4-2-1-3-5-7-9-12-28-14-17-30(18-15-28)45-34-20-21-37(50)47-40(34)52/h14-19,22,25-27,34-35,45H,1-13,20-21,23-24H2,(H,43,51)(H,47,50,52)/t34?,35-/m1/s1. The highest BCUT2D eigenvalue weighted by Gasteiger charge is 2.30. The number of hydrogen-bond donors (Lipinski definition) is 3. The molecule has 276 valence electrons. The quantitative estimate of drug-likeness (QED) is 0.0724. The van der Waals surface area contributed by atoms with E-state index in [9.17, 15) is 23.2 Å². The van der Waals surface area contributed by atoms with E-state index in [1.807, 2.05) is 17.0 Å². The van der Waals surface area contributed by atoms with Crippen LogP contribution in [0.5, 0.6) is 0 Å². The van der Waals surface area contributed by atoms with Gasteiger partial charge in [-0.25, -0.2) is 18.3 Å². The Balaban J connectivity index is 0.818. The lowest BCUT2D eigenvalue weighted by Gasteiger charge is -2.26. The Morgan fingerprint density at radius 3 is 2.37 bits per heavy atom. The van der Waals surface area contributed by atoms with Gasteiger partial charge in [-0.1, -0.05) is 63.5 Å². The van der Waals surface area contributed by atoms with Gasteiger partial charge in [-0.3, -0.25) is 19.7 Å². The van der Waals surface area contributed by atoms with E-state index in [-0.39, 0.29) is 29.8 Å². The molecule has 12 heteroatoms. The Labute approximate surface area is 303 Å². The van der Waals surface area contributed by atoms with Crippen LogP contribution in [-0.2, 0) is 16.0 Å². The van der Waals surface area contributed by atoms with Gasteiger partial charge in [0, 0.05) is 37.0 Å². The van der Waals surface area contributed by atoms with Crippen molar-refractivity contribution in [3.63, 3.8) is 0 Å². The molecule has 3 N–H and O–H groups in total.